The molecule has 0 saturated carbocycles. The first-order chi connectivity index (χ1) is 11.1. The van der Waals surface area contributed by atoms with Crippen LogP contribution in [0.1, 0.15) is 22.9 Å². The predicted molar refractivity (Wildman–Crippen MR) is 96.1 cm³/mol. The summed E-state index contributed by atoms with van der Waals surface area (Å²) in [6.45, 7) is 0.617. The molecule has 1 unspecified atom stereocenters. The van der Waals surface area contributed by atoms with Gasteiger partial charge >= 0.3 is 0 Å². The summed E-state index contributed by atoms with van der Waals surface area (Å²) in [7, 11) is 2.07. The van der Waals surface area contributed by atoms with Gasteiger partial charge in [-0.25, -0.2) is 0 Å². The first-order valence-electron chi connectivity index (χ1n) is 7.54. The van der Waals surface area contributed by atoms with Gasteiger partial charge in [-0.05, 0) is 47.9 Å². The first kappa shape index (κ1) is 15.2. The molecule has 1 aliphatic heterocycles. The summed E-state index contributed by atoms with van der Waals surface area (Å²) in [6.07, 6.45) is 0.837. The second kappa shape index (κ2) is 5.64. The van der Waals surface area contributed by atoms with Crippen LogP contribution in [0.2, 0.25) is 5.02 Å². The highest BCUT2D eigenvalue weighted by molar-refractivity contribution is 9.10. The average Bonchev–Trinajstić information content (AvgIpc) is 2.81. The van der Waals surface area contributed by atoms with E-state index in [0.717, 1.165) is 22.2 Å². The molecule has 2 heterocycles. The number of rotatable bonds is 1. The van der Waals surface area contributed by atoms with E-state index < -0.39 is 0 Å². The zero-order valence-electron chi connectivity index (χ0n) is 12.6. The Bertz CT molecular complexity index is 888. The van der Waals surface area contributed by atoms with Crippen LogP contribution in [0.3, 0.4) is 0 Å². The van der Waals surface area contributed by atoms with Crippen LogP contribution >= 0.6 is 27.5 Å². The molecule has 1 N–H and O–H groups in total. The lowest BCUT2D eigenvalue weighted by molar-refractivity contribution is -0.122. The van der Waals surface area contributed by atoms with Crippen LogP contribution in [0.15, 0.2) is 46.9 Å². The molecule has 0 saturated heterocycles. The Morgan fingerprint density at radius 3 is 2.65 bits per heavy atom. The van der Waals surface area contributed by atoms with Crippen LogP contribution in [0.4, 0.5) is 0 Å². The number of hydrogen-bond acceptors (Lipinski definition) is 2. The minimum Gasteiger partial charge on any atom is -0.346 e. The summed E-state index contributed by atoms with van der Waals surface area (Å²) >= 11 is 9.58. The van der Waals surface area contributed by atoms with Crippen molar-refractivity contribution in [1.82, 2.24) is 9.63 Å². The van der Waals surface area contributed by atoms with E-state index in [-0.39, 0.29) is 6.04 Å². The third-order valence-corrected chi connectivity index (χ3v) is 5.39. The van der Waals surface area contributed by atoms with Crippen LogP contribution in [-0.4, -0.2) is 21.4 Å². The Labute approximate surface area is 148 Å². The van der Waals surface area contributed by atoms with E-state index >= 15 is 0 Å². The number of aryl methyl sites for hydroxylation is 1. The van der Waals surface area contributed by atoms with Crippen molar-refractivity contribution in [3.8, 4) is 0 Å². The molecular weight excluding hydrogens is 376 g/mol. The van der Waals surface area contributed by atoms with Gasteiger partial charge in [-0.15, -0.1) is 0 Å². The molecule has 0 spiro atoms. The molecule has 0 aliphatic carbocycles. The Kier molecular flexibility index (Phi) is 3.73. The third kappa shape index (κ3) is 2.41. The van der Waals surface area contributed by atoms with Gasteiger partial charge in [-0.2, -0.15) is 5.06 Å². The van der Waals surface area contributed by atoms with Crippen molar-refractivity contribution in [1.29, 1.82) is 0 Å². The monoisotopic (exact) mass is 390 g/mol. The highest BCUT2D eigenvalue weighted by Gasteiger charge is 2.32. The molecule has 0 bridgehead atoms. The number of halogens is 2. The number of benzene rings is 2. The van der Waals surface area contributed by atoms with E-state index in [4.69, 9.17) is 11.6 Å². The fourth-order valence-electron chi connectivity index (χ4n) is 3.60. The van der Waals surface area contributed by atoms with Gasteiger partial charge in [0.25, 0.3) is 0 Å². The van der Waals surface area contributed by atoms with Gasteiger partial charge in [0, 0.05) is 39.7 Å². The Morgan fingerprint density at radius 1 is 1.17 bits per heavy atom. The topological polar surface area (TPSA) is 28.4 Å². The molecule has 0 radical (unpaired) electrons. The molecule has 3 aromatic rings. The van der Waals surface area contributed by atoms with Crippen LogP contribution in [0.25, 0.3) is 10.9 Å². The molecule has 118 valence electrons. The molecule has 0 amide bonds. The van der Waals surface area contributed by atoms with Crippen molar-refractivity contribution >= 4 is 38.4 Å². The lowest BCUT2D eigenvalue weighted by Crippen LogP contribution is -2.34. The van der Waals surface area contributed by atoms with Gasteiger partial charge in [0.2, 0.25) is 0 Å². The standard InChI is InChI=1S/C18H16BrClN2O/c1-21-16-7-4-12(19)10-15(16)14-8-9-22(23)17(18(14)21)11-2-5-13(20)6-3-11/h2-7,10,17,23H,8-9H2,1H3. The van der Waals surface area contributed by atoms with Crippen molar-refractivity contribution in [3.63, 3.8) is 0 Å². The molecule has 2 aromatic carbocycles. The lowest BCUT2D eigenvalue weighted by Gasteiger charge is -2.32. The zero-order valence-corrected chi connectivity index (χ0v) is 15.0. The van der Waals surface area contributed by atoms with E-state index in [9.17, 15) is 5.21 Å². The number of aromatic nitrogens is 1. The fourth-order valence-corrected chi connectivity index (χ4v) is 4.08. The second-order valence-corrected chi connectivity index (χ2v) is 7.30. The molecular formula is C18H16BrClN2O. The summed E-state index contributed by atoms with van der Waals surface area (Å²) in [6, 6.07) is 13.9. The molecule has 5 heteroatoms. The largest absolute Gasteiger partial charge is 0.346 e. The van der Waals surface area contributed by atoms with Gasteiger partial charge in [0.1, 0.15) is 6.04 Å². The van der Waals surface area contributed by atoms with E-state index in [2.05, 4.69) is 45.7 Å². The molecule has 1 atom stereocenters. The van der Waals surface area contributed by atoms with Crippen molar-refractivity contribution in [2.75, 3.05) is 6.54 Å². The van der Waals surface area contributed by atoms with E-state index in [0.29, 0.717) is 11.6 Å². The molecule has 3 nitrogen and oxygen atoms in total. The molecule has 1 aliphatic rings. The van der Waals surface area contributed by atoms with Crippen molar-refractivity contribution in [3.05, 3.63) is 68.8 Å². The first-order valence-corrected chi connectivity index (χ1v) is 8.71. The minimum atomic E-state index is -0.174. The maximum Gasteiger partial charge on any atom is 0.100 e. The molecule has 4 rings (SSSR count). The van der Waals surface area contributed by atoms with E-state index in [1.54, 1.807) is 0 Å². The van der Waals surface area contributed by atoms with Crippen molar-refractivity contribution in [2.45, 2.75) is 12.5 Å². The number of nitrogens with zero attached hydrogens (tertiary/aromatic N) is 2. The third-order valence-electron chi connectivity index (χ3n) is 4.65. The van der Waals surface area contributed by atoms with Gasteiger partial charge in [0.15, 0.2) is 0 Å². The maximum atomic E-state index is 10.5. The van der Waals surface area contributed by atoms with Crippen LogP contribution in [-0.2, 0) is 13.5 Å². The Morgan fingerprint density at radius 2 is 1.91 bits per heavy atom. The smallest absolute Gasteiger partial charge is 0.100 e. The van der Waals surface area contributed by atoms with E-state index in [1.165, 1.54) is 21.5 Å². The summed E-state index contributed by atoms with van der Waals surface area (Å²) in [5, 5.41) is 13.9. The summed E-state index contributed by atoms with van der Waals surface area (Å²) < 4.78 is 3.27. The summed E-state index contributed by atoms with van der Waals surface area (Å²) in [5.41, 5.74) is 4.69. The number of fused-ring (bicyclic) bond motifs is 3. The number of hydroxylamine groups is 2. The van der Waals surface area contributed by atoms with Crippen LogP contribution < -0.4 is 0 Å². The summed E-state index contributed by atoms with van der Waals surface area (Å²) in [4.78, 5) is 0. The van der Waals surface area contributed by atoms with Crippen LogP contribution in [0, 0.1) is 0 Å². The fraction of sp³-hybridized carbons (Fsp3) is 0.222. The number of hydrogen-bond donors (Lipinski definition) is 1. The average molecular weight is 392 g/mol. The highest BCUT2D eigenvalue weighted by Crippen LogP contribution is 2.40. The molecule has 23 heavy (non-hydrogen) atoms. The Hall–Kier alpha value is -1.33. The van der Waals surface area contributed by atoms with Gasteiger partial charge in [-0.1, -0.05) is 39.7 Å². The Balaban J connectivity index is 1.97. The predicted octanol–water partition coefficient (Wildman–Crippen LogP) is 4.93. The van der Waals surface area contributed by atoms with Gasteiger partial charge in [0.05, 0.1) is 0 Å². The van der Waals surface area contributed by atoms with Gasteiger partial charge in [-0.3, -0.25) is 0 Å². The normalized spacial score (nSPS) is 18.3. The molecule has 0 fully saturated rings. The van der Waals surface area contributed by atoms with Crippen LogP contribution in [0.5, 0.6) is 0 Å². The minimum absolute atomic E-state index is 0.174. The lowest BCUT2D eigenvalue weighted by atomic mass is 9.94. The highest BCUT2D eigenvalue weighted by atomic mass is 79.9. The SMILES string of the molecule is Cn1c2c(c3cc(Br)ccc31)CCN(O)C2c1ccc(Cl)cc1. The quantitative estimate of drug-likeness (QED) is 0.637. The van der Waals surface area contributed by atoms with E-state index in [1.807, 2.05) is 24.3 Å². The van der Waals surface area contributed by atoms with Crippen molar-refractivity contribution in [2.24, 2.45) is 7.05 Å². The maximum absolute atomic E-state index is 10.5. The summed E-state index contributed by atoms with van der Waals surface area (Å²) in [5.74, 6) is 0. The van der Waals surface area contributed by atoms with Gasteiger partial charge < -0.3 is 9.77 Å². The molecule has 1 aromatic heterocycles. The second-order valence-electron chi connectivity index (χ2n) is 5.95. The van der Waals surface area contributed by atoms with Crippen molar-refractivity contribution < 1.29 is 5.21 Å². The zero-order chi connectivity index (χ0) is 16.1.